The summed E-state index contributed by atoms with van der Waals surface area (Å²) in [5.41, 5.74) is 10.6. The lowest BCUT2D eigenvalue weighted by atomic mass is 10.0. The van der Waals surface area contributed by atoms with Gasteiger partial charge < -0.3 is 32.5 Å². The number of primary amides is 1. The highest BCUT2D eigenvalue weighted by molar-refractivity contribution is 7.98. The topological polar surface area (TPSA) is 194 Å². The van der Waals surface area contributed by atoms with Crippen LogP contribution in [0.3, 0.4) is 0 Å². The van der Waals surface area contributed by atoms with E-state index in [1.54, 1.807) is 13.8 Å². The third-order valence-corrected chi connectivity index (χ3v) is 4.84. The van der Waals surface area contributed by atoms with E-state index in [0.29, 0.717) is 5.75 Å². The van der Waals surface area contributed by atoms with Crippen molar-refractivity contribution in [3.63, 3.8) is 0 Å². The Kier molecular flexibility index (Phi) is 12.7. The van der Waals surface area contributed by atoms with Gasteiger partial charge in [0.25, 0.3) is 0 Å². The molecule has 172 valence electrons. The van der Waals surface area contributed by atoms with E-state index in [4.69, 9.17) is 11.5 Å². The van der Waals surface area contributed by atoms with Crippen molar-refractivity contribution in [2.75, 3.05) is 12.0 Å². The first-order valence-corrected chi connectivity index (χ1v) is 11.0. The Morgan fingerprint density at radius 1 is 0.900 bits per heavy atom. The zero-order chi connectivity index (χ0) is 23.4. The highest BCUT2D eigenvalue weighted by atomic mass is 32.2. The van der Waals surface area contributed by atoms with Gasteiger partial charge in [-0.05, 0) is 37.7 Å². The number of amides is 4. The molecule has 4 atom stereocenters. The molecule has 0 spiro atoms. The molecule has 0 aliphatic carbocycles. The molecule has 0 heterocycles. The van der Waals surface area contributed by atoms with Crippen molar-refractivity contribution in [3.8, 4) is 0 Å². The summed E-state index contributed by atoms with van der Waals surface area (Å²) in [7, 11) is 0. The largest absolute Gasteiger partial charge is 0.480 e. The van der Waals surface area contributed by atoms with Gasteiger partial charge in [0.2, 0.25) is 23.6 Å². The Labute approximate surface area is 180 Å². The highest BCUT2D eigenvalue weighted by Gasteiger charge is 2.31. The van der Waals surface area contributed by atoms with Gasteiger partial charge in [-0.3, -0.25) is 19.2 Å². The monoisotopic (exact) mass is 447 g/mol. The molecule has 4 unspecified atom stereocenters. The van der Waals surface area contributed by atoms with Gasteiger partial charge in [0, 0.05) is 6.42 Å². The second-order valence-electron chi connectivity index (χ2n) is 7.27. The van der Waals surface area contributed by atoms with Crippen LogP contribution in [0.25, 0.3) is 0 Å². The van der Waals surface area contributed by atoms with Crippen LogP contribution in [-0.4, -0.2) is 70.9 Å². The predicted molar refractivity (Wildman–Crippen MR) is 113 cm³/mol. The lowest BCUT2D eigenvalue weighted by Gasteiger charge is -2.26. The number of hydrogen-bond acceptors (Lipinski definition) is 7. The maximum atomic E-state index is 12.7. The number of nitrogens with two attached hydrogens (primary N) is 2. The zero-order valence-corrected chi connectivity index (χ0v) is 18.6. The van der Waals surface area contributed by atoms with Gasteiger partial charge in [-0.15, -0.1) is 0 Å². The van der Waals surface area contributed by atoms with E-state index in [2.05, 4.69) is 16.0 Å². The third kappa shape index (κ3) is 10.4. The van der Waals surface area contributed by atoms with Crippen molar-refractivity contribution in [2.45, 2.75) is 64.2 Å². The van der Waals surface area contributed by atoms with Crippen LogP contribution in [0.2, 0.25) is 0 Å². The molecule has 11 nitrogen and oxygen atoms in total. The summed E-state index contributed by atoms with van der Waals surface area (Å²) in [6, 6.07) is -4.07. The molecule has 0 radical (unpaired) electrons. The van der Waals surface area contributed by atoms with Crippen molar-refractivity contribution >= 4 is 41.4 Å². The van der Waals surface area contributed by atoms with E-state index in [0.717, 1.165) is 0 Å². The number of carboxylic acids is 1. The molecule has 0 aromatic heterocycles. The molecule has 12 heteroatoms. The molecule has 0 aromatic rings. The van der Waals surface area contributed by atoms with Crippen molar-refractivity contribution in [3.05, 3.63) is 0 Å². The smallest absolute Gasteiger partial charge is 0.326 e. The first-order chi connectivity index (χ1) is 13.9. The first kappa shape index (κ1) is 27.7. The van der Waals surface area contributed by atoms with Gasteiger partial charge >= 0.3 is 5.97 Å². The summed E-state index contributed by atoms with van der Waals surface area (Å²) in [5.74, 6) is -3.54. The molecular weight excluding hydrogens is 414 g/mol. The molecule has 0 saturated carbocycles. The Morgan fingerprint density at radius 3 is 1.90 bits per heavy atom. The molecule has 0 fully saturated rings. The molecular formula is C18H33N5O6S. The fourth-order valence-corrected chi connectivity index (χ4v) is 2.87. The summed E-state index contributed by atoms with van der Waals surface area (Å²) in [6.07, 6.45) is 1.69. The predicted octanol–water partition coefficient (Wildman–Crippen LogP) is -1.45. The summed E-state index contributed by atoms with van der Waals surface area (Å²) in [6.45, 7) is 4.94. The van der Waals surface area contributed by atoms with Gasteiger partial charge in [0.1, 0.15) is 18.1 Å². The van der Waals surface area contributed by atoms with E-state index in [-0.39, 0.29) is 25.2 Å². The Bertz CT molecular complexity index is 628. The van der Waals surface area contributed by atoms with Crippen LogP contribution in [-0.2, 0) is 24.0 Å². The van der Waals surface area contributed by atoms with Crippen LogP contribution in [0.1, 0.15) is 40.0 Å². The highest BCUT2D eigenvalue weighted by Crippen LogP contribution is 2.07. The lowest BCUT2D eigenvalue weighted by Crippen LogP contribution is -2.58. The SMILES string of the molecule is CSCCC(NC(=O)C(NC(=O)C(C)N)C(C)C)C(=O)NC(CCC(N)=O)C(=O)O. The summed E-state index contributed by atoms with van der Waals surface area (Å²) < 4.78 is 0. The van der Waals surface area contributed by atoms with Crippen LogP contribution in [0, 0.1) is 5.92 Å². The molecule has 30 heavy (non-hydrogen) atoms. The second kappa shape index (κ2) is 13.8. The Balaban J connectivity index is 5.32. The van der Waals surface area contributed by atoms with Crippen LogP contribution in [0.15, 0.2) is 0 Å². The number of thioether (sulfide) groups is 1. The molecule has 0 rings (SSSR count). The molecule has 8 N–H and O–H groups in total. The minimum Gasteiger partial charge on any atom is -0.480 e. The van der Waals surface area contributed by atoms with Gasteiger partial charge in [0.05, 0.1) is 6.04 Å². The van der Waals surface area contributed by atoms with Gasteiger partial charge in [0.15, 0.2) is 0 Å². The normalized spacial score (nSPS) is 14.9. The van der Waals surface area contributed by atoms with Crippen molar-refractivity contribution in [2.24, 2.45) is 17.4 Å². The lowest BCUT2D eigenvalue weighted by molar-refractivity contribution is -0.142. The number of carbonyl (C=O) groups is 5. The van der Waals surface area contributed by atoms with Gasteiger partial charge in [-0.25, -0.2) is 4.79 Å². The van der Waals surface area contributed by atoms with Crippen LogP contribution in [0.5, 0.6) is 0 Å². The minimum absolute atomic E-state index is 0.168. The number of aliphatic carboxylic acids is 1. The molecule has 4 amide bonds. The number of hydrogen-bond donors (Lipinski definition) is 6. The Morgan fingerprint density at radius 2 is 1.47 bits per heavy atom. The number of carboxylic acid groups (broad SMARTS) is 1. The second-order valence-corrected chi connectivity index (χ2v) is 8.25. The molecule has 0 aliphatic rings. The third-order valence-electron chi connectivity index (χ3n) is 4.20. The van der Waals surface area contributed by atoms with Crippen LogP contribution in [0.4, 0.5) is 0 Å². The first-order valence-electron chi connectivity index (χ1n) is 9.57. The fourth-order valence-electron chi connectivity index (χ4n) is 2.40. The Hall–Kier alpha value is -2.34. The molecule has 0 bridgehead atoms. The zero-order valence-electron chi connectivity index (χ0n) is 17.8. The minimum atomic E-state index is -1.32. The van der Waals surface area contributed by atoms with Crippen LogP contribution >= 0.6 is 11.8 Å². The average Bonchev–Trinajstić information content (AvgIpc) is 2.64. The average molecular weight is 448 g/mol. The van der Waals surface area contributed by atoms with Crippen LogP contribution < -0.4 is 27.4 Å². The molecule has 0 aliphatic heterocycles. The van der Waals surface area contributed by atoms with E-state index < -0.39 is 53.8 Å². The molecule has 0 aromatic carbocycles. The summed E-state index contributed by atoms with van der Waals surface area (Å²) in [4.78, 5) is 59.6. The standard InChI is InChI=1S/C18H33N5O6S/c1-9(2)14(23-15(25)10(3)19)17(27)21-11(7-8-30-4)16(26)22-12(18(28)29)5-6-13(20)24/h9-12,14H,5-8,19H2,1-4H3,(H2,20,24)(H,21,27)(H,22,26)(H,23,25)(H,28,29). The number of nitrogens with one attached hydrogen (secondary N) is 3. The van der Waals surface area contributed by atoms with E-state index >= 15 is 0 Å². The summed E-state index contributed by atoms with van der Waals surface area (Å²) in [5, 5.41) is 16.7. The van der Waals surface area contributed by atoms with Crippen molar-refractivity contribution in [1.82, 2.24) is 16.0 Å². The van der Waals surface area contributed by atoms with Crippen molar-refractivity contribution in [1.29, 1.82) is 0 Å². The number of rotatable bonds is 14. The fraction of sp³-hybridized carbons (Fsp3) is 0.722. The summed E-state index contributed by atoms with van der Waals surface area (Å²) >= 11 is 1.45. The van der Waals surface area contributed by atoms with Crippen molar-refractivity contribution < 1.29 is 29.1 Å². The maximum Gasteiger partial charge on any atom is 0.326 e. The number of carbonyl (C=O) groups excluding carboxylic acids is 4. The molecule has 0 saturated heterocycles. The van der Waals surface area contributed by atoms with E-state index in [9.17, 15) is 29.1 Å². The quantitative estimate of drug-likeness (QED) is 0.186. The van der Waals surface area contributed by atoms with E-state index in [1.165, 1.54) is 18.7 Å². The maximum absolute atomic E-state index is 12.7. The van der Waals surface area contributed by atoms with Gasteiger partial charge in [-0.2, -0.15) is 11.8 Å². The van der Waals surface area contributed by atoms with E-state index in [1.807, 2.05) is 6.26 Å². The van der Waals surface area contributed by atoms with Gasteiger partial charge in [-0.1, -0.05) is 13.8 Å².